The van der Waals surface area contributed by atoms with E-state index in [-0.39, 0.29) is 25.6 Å². The molecule has 3 rings (SSSR count). The fourth-order valence-electron chi connectivity index (χ4n) is 2.23. The molecule has 0 fully saturated rings. The maximum atomic E-state index is 10.9. The van der Waals surface area contributed by atoms with E-state index in [1.807, 2.05) is 0 Å². The molecule has 0 saturated heterocycles. The second kappa shape index (κ2) is 7.05. The Morgan fingerprint density at radius 1 is 1.25 bits per heavy atom. The van der Waals surface area contributed by atoms with E-state index in [0.717, 1.165) is 0 Å². The van der Waals surface area contributed by atoms with Gasteiger partial charge in [-0.3, -0.25) is 10.1 Å². The molecule has 0 amide bonds. The molecule has 2 N–H and O–H groups in total. The number of hydrogen-bond acceptors (Lipinski definition) is 7. The maximum Gasteiger partial charge on any atom is 0.292 e. The SMILES string of the molecule is O=[N+]([O-])c1ccccc1NCC(O)COc1ccc2c(c1)OCO2. The predicted molar refractivity (Wildman–Crippen MR) is 85.7 cm³/mol. The van der Waals surface area contributed by atoms with Crippen LogP contribution in [0.5, 0.6) is 17.2 Å². The largest absolute Gasteiger partial charge is 0.491 e. The van der Waals surface area contributed by atoms with Gasteiger partial charge in [0.1, 0.15) is 24.1 Å². The summed E-state index contributed by atoms with van der Waals surface area (Å²) in [6.07, 6.45) is -0.838. The highest BCUT2D eigenvalue weighted by Gasteiger charge is 2.16. The average Bonchev–Trinajstić information content (AvgIpc) is 3.06. The molecule has 8 nitrogen and oxygen atoms in total. The van der Waals surface area contributed by atoms with Gasteiger partial charge in [-0.15, -0.1) is 0 Å². The normalized spacial score (nSPS) is 13.4. The lowest BCUT2D eigenvalue weighted by Crippen LogP contribution is -2.26. The maximum absolute atomic E-state index is 10.9. The van der Waals surface area contributed by atoms with Crippen LogP contribution < -0.4 is 19.5 Å². The van der Waals surface area contributed by atoms with Crippen LogP contribution in [0, 0.1) is 10.1 Å². The van der Waals surface area contributed by atoms with E-state index in [4.69, 9.17) is 14.2 Å². The third kappa shape index (κ3) is 3.66. The molecule has 1 atom stereocenters. The first kappa shape index (κ1) is 15.9. The molecular formula is C16H16N2O6. The summed E-state index contributed by atoms with van der Waals surface area (Å²) < 4.78 is 16.0. The molecule has 1 unspecified atom stereocenters. The highest BCUT2D eigenvalue weighted by atomic mass is 16.7. The molecule has 0 spiro atoms. The molecule has 1 aliphatic rings. The van der Waals surface area contributed by atoms with Crippen LogP contribution in [0.1, 0.15) is 0 Å². The summed E-state index contributed by atoms with van der Waals surface area (Å²) in [5.41, 5.74) is 0.311. The van der Waals surface area contributed by atoms with E-state index in [0.29, 0.717) is 22.9 Å². The van der Waals surface area contributed by atoms with Crippen LogP contribution in [-0.4, -0.2) is 36.1 Å². The summed E-state index contributed by atoms with van der Waals surface area (Å²) in [4.78, 5) is 10.5. The van der Waals surface area contributed by atoms with E-state index in [2.05, 4.69) is 5.32 Å². The lowest BCUT2D eigenvalue weighted by atomic mass is 10.2. The first-order chi connectivity index (χ1) is 11.6. The van der Waals surface area contributed by atoms with Crippen molar-refractivity contribution < 1.29 is 24.2 Å². The van der Waals surface area contributed by atoms with Gasteiger partial charge in [-0.25, -0.2) is 0 Å². The van der Waals surface area contributed by atoms with Crippen molar-refractivity contribution >= 4 is 11.4 Å². The number of fused-ring (bicyclic) bond motifs is 1. The molecule has 0 saturated carbocycles. The minimum atomic E-state index is -0.838. The third-order valence-electron chi connectivity index (χ3n) is 3.42. The Morgan fingerprint density at radius 2 is 2.04 bits per heavy atom. The zero-order chi connectivity index (χ0) is 16.9. The molecule has 2 aromatic rings. The molecule has 126 valence electrons. The molecule has 0 aromatic heterocycles. The van der Waals surface area contributed by atoms with Gasteiger partial charge >= 0.3 is 0 Å². The van der Waals surface area contributed by atoms with E-state index >= 15 is 0 Å². The summed E-state index contributed by atoms with van der Waals surface area (Å²) in [6.45, 7) is 0.337. The van der Waals surface area contributed by atoms with Crippen molar-refractivity contribution in [3.05, 3.63) is 52.6 Å². The number of nitro groups is 1. The molecule has 0 bridgehead atoms. The van der Waals surface area contributed by atoms with Crippen LogP contribution in [0.4, 0.5) is 11.4 Å². The Bertz CT molecular complexity index is 736. The van der Waals surface area contributed by atoms with Crippen LogP contribution in [0.2, 0.25) is 0 Å². The number of rotatable bonds is 7. The van der Waals surface area contributed by atoms with Gasteiger partial charge in [0.05, 0.1) is 4.92 Å². The van der Waals surface area contributed by atoms with Crippen molar-refractivity contribution in [2.24, 2.45) is 0 Å². The molecule has 0 radical (unpaired) electrons. The number of benzene rings is 2. The Morgan fingerprint density at radius 3 is 2.88 bits per heavy atom. The number of aliphatic hydroxyl groups excluding tert-OH is 1. The summed E-state index contributed by atoms with van der Waals surface area (Å²) in [7, 11) is 0. The quantitative estimate of drug-likeness (QED) is 0.591. The monoisotopic (exact) mass is 332 g/mol. The van der Waals surface area contributed by atoms with Crippen molar-refractivity contribution in [3.63, 3.8) is 0 Å². The van der Waals surface area contributed by atoms with Crippen LogP contribution in [0.25, 0.3) is 0 Å². The molecule has 1 aliphatic heterocycles. The minimum Gasteiger partial charge on any atom is -0.491 e. The summed E-state index contributed by atoms with van der Waals surface area (Å²) >= 11 is 0. The van der Waals surface area contributed by atoms with E-state index in [1.165, 1.54) is 6.07 Å². The minimum absolute atomic E-state index is 0.0350. The fraction of sp³-hybridized carbons (Fsp3) is 0.250. The van der Waals surface area contributed by atoms with Gasteiger partial charge in [0.25, 0.3) is 5.69 Å². The molecule has 2 aromatic carbocycles. The number of ether oxygens (including phenoxy) is 3. The van der Waals surface area contributed by atoms with E-state index in [9.17, 15) is 15.2 Å². The standard InChI is InChI=1S/C16H16N2O6/c19-11(8-17-13-3-1-2-4-14(13)18(20)21)9-22-12-5-6-15-16(7-12)24-10-23-15/h1-7,11,17,19H,8-10H2. The highest BCUT2D eigenvalue weighted by Crippen LogP contribution is 2.35. The molecule has 8 heteroatoms. The van der Waals surface area contributed by atoms with Gasteiger partial charge in [-0.1, -0.05) is 12.1 Å². The van der Waals surface area contributed by atoms with Crippen LogP contribution in [0.15, 0.2) is 42.5 Å². The number of hydrogen-bond donors (Lipinski definition) is 2. The topological polar surface area (TPSA) is 103 Å². The van der Waals surface area contributed by atoms with E-state index in [1.54, 1.807) is 36.4 Å². The zero-order valence-electron chi connectivity index (χ0n) is 12.7. The molecular weight excluding hydrogens is 316 g/mol. The summed E-state index contributed by atoms with van der Waals surface area (Å²) in [6, 6.07) is 11.4. The number of anilines is 1. The van der Waals surface area contributed by atoms with Crippen LogP contribution in [-0.2, 0) is 0 Å². The van der Waals surface area contributed by atoms with Gasteiger partial charge < -0.3 is 24.6 Å². The van der Waals surface area contributed by atoms with Gasteiger partial charge in [0.2, 0.25) is 6.79 Å². The fourth-order valence-corrected chi connectivity index (χ4v) is 2.23. The lowest BCUT2D eigenvalue weighted by molar-refractivity contribution is -0.384. The molecule has 0 aliphatic carbocycles. The Kier molecular flexibility index (Phi) is 4.66. The summed E-state index contributed by atoms with van der Waals surface area (Å²) in [5.74, 6) is 1.80. The second-order valence-corrected chi connectivity index (χ2v) is 5.14. The van der Waals surface area contributed by atoms with Gasteiger partial charge in [0, 0.05) is 18.7 Å². The number of nitrogens with zero attached hydrogens (tertiary/aromatic N) is 1. The molecule has 1 heterocycles. The second-order valence-electron chi connectivity index (χ2n) is 5.14. The van der Waals surface area contributed by atoms with Crippen molar-refractivity contribution in [2.75, 3.05) is 25.3 Å². The number of nitro benzene ring substituents is 1. The van der Waals surface area contributed by atoms with Gasteiger partial charge in [0.15, 0.2) is 11.5 Å². The Labute approximate surface area is 137 Å². The van der Waals surface area contributed by atoms with Gasteiger partial charge in [-0.05, 0) is 18.2 Å². The van der Waals surface area contributed by atoms with E-state index < -0.39 is 11.0 Å². The first-order valence-electron chi connectivity index (χ1n) is 7.31. The van der Waals surface area contributed by atoms with Gasteiger partial charge in [-0.2, -0.15) is 0 Å². The smallest absolute Gasteiger partial charge is 0.292 e. The average molecular weight is 332 g/mol. The van der Waals surface area contributed by atoms with Crippen LogP contribution in [0.3, 0.4) is 0 Å². The third-order valence-corrected chi connectivity index (χ3v) is 3.42. The number of aliphatic hydroxyl groups is 1. The van der Waals surface area contributed by atoms with Crippen molar-refractivity contribution in [2.45, 2.75) is 6.10 Å². The number of para-hydroxylation sites is 2. The highest BCUT2D eigenvalue weighted by molar-refractivity contribution is 5.61. The van der Waals surface area contributed by atoms with Crippen molar-refractivity contribution in [1.82, 2.24) is 0 Å². The van der Waals surface area contributed by atoms with Crippen molar-refractivity contribution in [1.29, 1.82) is 0 Å². The molecule has 24 heavy (non-hydrogen) atoms. The zero-order valence-corrected chi connectivity index (χ0v) is 12.7. The number of nitrogens with one attached hydrogen (secondary N) is 1. The Hall–Kier alpha value is -3.00. The Balaban J connectivity index is 1.51. The van der Waals surface area contributed by atoms with Crippen LogP contribution >= 0.6 is 0 Å². The predicted octanol–water partition coefficient (Wildman–Crippen LogP) is 2.18. The lowest BCUT2D eigenvalue weighted by Gasteiger charge is -2.14. The summed E-state index contributed by atoms with van der Waals surface area (Å²) in [5, 5.41) is 23.8. The first-order valence-corrected chi connectivity index (χ1v) is 7.31. The van der Waals surface area contributed by atoms with Crippen molar-refractivity contribution in [3.8, 4) is 17.2 Å².